The number of hydrogen-bond donors (Lipinski definition) is 0. The van der Waals surface area contributed by atoms with Gasteiger partial charge >= 0.3 is 0 Å². The van der Waals surface area contributed by atoms with Crippen LogP contribution in [0, 0.1) is 0 Å². The van der Waals surface area contributed by atoms with E-state index in [4.69, 9.17) is 28.4 Å². The Labute approximate surface area is 204 Å². The Bertz CT molecular complexity index is 855. The van der Waals surface area contributed by atoms with Gasteiger partial charge in [-0.1, -0.05) is 17.2 Å². The first-order chi connectivity index (χ1) is 16.4. The van der Waals surface area contributed by atoms with E-state index in [1.807, 2.05) is 42.5 Å². The smallest absolute Gasteiger partial charge is 0.177 e. The molecule has 0 heterocycles. The molecule has 6 heteroatoms. The third kappa shape index (κ3) is 9.49. The van der Waals surface area contributed by atoms with Gasteiger partial charge in [0, 0.05) is 12.1 Å². The lowest BCUT2D eigenvalue weighted by atomic mass is 10.1. The van der Waals surface area contributed by atoms with Crippen molar-refractivity contribution in [2.24, 2.45) is 0 Å². The van der Waals surface area contributed by atoms with Crippen LogP contribution in [0.15, 0.2) is 59.7 Å². The van der Waals surface area contributed by atoms with Crippen molar-refractivity contribution in [1.82, 2.24) is 0 Å². The molecular formula is C28H38O6. The van der Waals surface area contributed by atoms with Crippen LogP contribution in [0.4, 0.5) is 0 Å². The van der Waals surface area contributed by atoms with Gasteiger partial charge in [-0.25, -0.2) is 0 Å². The van der Waals surface area contributed by atoms with E-state index in [0.717, 1.165) is 24.0 Å². The van der Waals surface area contributed by atoms with E-state index in [1.165, 1.54) is 11.1 Å². The average molecular weight is 471 g/mol. The second-order valence-electron chi connectivity index (χ2n) is 8.27. The third-order valence-electron chi connectivity index (χ3n) is 5.16. The van der Waals surface area contributed by atoms with Crippen molar-refractivity contribution in [2.45, 2.75) is 53.1 Å². The molecule has 0 saturated heterocycles. The van der Waals surface area contributed by atoms with Crippen LogP contribution >= 0.6 is 0 Å². The van der Waals surface area contributed by atoms with Crippen molar-refractivity contribution in [1.29, 1.82) is 0 Å². The maximum atomic E-state index is 6.17. The zero-order valence-electron chi connectivity index (χ0n) is 21.5. The molecule has 0 aliphatic carbocycles. The van der Waals surface area contributed by atoms with Crippen LogP contribution in [0.2, 0.25) is 0 Å². The van der Waals surface area contributed by atoms with Gasteiger partial charge in [0.15, 0.2) is 6.29 Å². The molecular weight excluding hydrogens is 432 g/mol. The first-order valence-corrected chi connectivity index (χ1v) is 11.3. The van der Waals surface area contributed by atoms with E-state index in [-0.39, 0.29) is 0 Å². The van der Waals surface area contributed by atoms with Crippen LogP contribution in [0.5, 0.6) is 23.0 Å². The Morgan fingerprint density at radius 3 is 1.44 bits per heavy atom. The Morgan fingerprint density at radius 1 is 0.676 bits per heavy atom. The van der Waals surface area contributed by atoms with E-state index < -0.39 is 6.29 Å². The number of ether oxygens (including phenoxy) is 6. The molecule has 2 aromatic rings. The molecule has 0 atom stereocenters. The summed E-state index contributed by atoms with van der Waals surface area (Å²) in [4.78, 5) is 0. The highest BCUT2D eigenvalue weighted by molar-refractivity contribution is 5.39. The van der Waals surface area contributed by atoms with Crippen molar-refractivity contribution >= 4 is 0 Å². The van der Waals surface area contributed by atoms with E-state index >= 15 is 0 Å². The standard InChI is InChI=1S/C28H38O6/c1-20(2)9-8-10-21(3)11-28(33-18-22-12-24(29-4)16-25(13-22)30-5)34-19-23-14-26(31-6)17-27(15-23)32-7/h9,11-17,28H,8,10,18-19H2,1-7H3/b21-11+. The molecule has 0 spiro atoms. The van der Waals surface area contributed by atoms with Crippen LogP contribution in [-0.2, 0) is 22.7 Å². The summed E-state index contributed by atoms with van der Waals surface area (Å²) in [6, 6.07) is 11.4. The van der Waals surface area contributed by atoms with Crippen LogP contribution in [-0.4, -0.2) is 34.7 Å². The fourth-order valence-corrected chi connectivity index (χ4v) is 3.30. The molecule has 0 unspecified atom stereocenters. The van der Waals surface area contributed by atoms with Gasteiger partial charge in [-0.05, 0) is 75.1 Å². The number of rotatable bonds is 14. The lowest BCUT2D eigenvalue weighted by Crippen LogP contribution is -2.15. The minimum Gasteiger partial charge on any atom is -0.497 e. The molecule has 0 aromatic heterocycles. The Kier molecular flexibility index (Phi) is 11.5. The molecule has 186 valence electrons. The summed E-state index contributed by atoms with van der Waals surface area (Å²) in [7, 11) is 6.52. The number of hydrogen-bond acceptors (Lipinski definition) is 6. The number of allylic oxidation sites excluding steroid dienone is 3. The zero-order valence-corrected chi connectivity index (χ0v) is 21.5. The molecule has 6 nitrogen and oxygen atoms in total. The predicted octanol–water partition coefficient (Wildman–Crippen LogP) is 6.47. The maximum Gasteiger partial charge on any atom is 0.177 e. The molecule has 0 radical (unpaired) electrons. The molecule has 0 bridgehead atoms. The van der Waals surface area contributed by atoms with Crippen molar-refractivity contribution < 1.29 is 28.4 Å². The normalized spacial score (nSPS) is 11.4. The fraction of sp³-hybridized carbons (Fsp3) is 0.429. The molecule has 0 saturated carbocycles. The summed E-state index contributed by atoms with van der Waals surface area (Å²) in [6.07, 6.45) is 5.67. The summed E-state index contributed by atoms with van der Waals surface area (Å²) in [5.74, 6) is 2.86. The van der Waals surface area contributed by atoms with E-state index in [2.05, 4.69) is 26.8 Å². The lowest BCUT2D eigenvalue weighted by Gasteiger charge is -2.18. The van der Waals surface area contributed by atoms with Crippen molar-refractivity contribution in [3.8, 4) is 23.0 Å². The highest BCUT2D eigenvalue weighted by Crippen LogP contribution is 2.25. The van der Waals surface area contributed by atoms with Gasteiger partial charge in [-0.3, -0.25) is 0 Å². The molecule has 0 N–H and O–H groups in total. The van der Waals surface area contributed by atoms with Gasteiger partial charge in [0.05, 0.1) is 41.7 Å². The Morgan fingerprint density at radius 2 is 1.09 bits per heavy atom. The van der Waals surface area contributed by atoms with Gasteiger partial charge < -0.3 is 28.4 Å². The maximum absolute atomic E-state index is 6.17. The van der Waals surface area contributed by atoms with E-state index in [0.29, 0.717) is 36.2 Å². The second-order valence-corrected chi connectivity index (χ2v) is 8.27. The van der Waals surface area contributed by atoms with Crippen LogP contribution in [0.25, 0.3) is 0 Å². The fourth-order valence-electron chi connectivity index (χ4n) is 3.30. The first kappa shape index (κ1) is 27.3. The SMILES string of the molecule is COc1cc(COC(/C=C(\C)CCC=C(C)C)OCc2cc(OC)cc(OC)c2)cc(OC)c1. The van der Waals surface area contributed by atoms with Crippen LogP contribution < -0.4 is 18.9 Å². The second kappa shape index (κ2) is 14.3. The molecule has 0 aliphatic rings. The Hall–Kier alpha value is -2.96. The third-order valence-corrected chi connectivity index (χ3v) is 5.16. The van der Waals surface area contributed by atoms with Crippen molar-refractivity contribution in [3.05, 3.63) is 70.8 Å². The number of methoxy groups -OCH3 is 4. The monoisotopic (exact) mass is 470 g/mol. The minimum atomic E-state index is -0.527. The number of benzene rings is 2. The highest BCUT2D eigenvalue weighted by atomic mass is 16.7. The molecule has 0 aliphatic heterocycles. The predicted molar refractivity (Wildman–Crippen MR) is 135 cm³/mol. The molecule has 2 aromatic carbocycles. The topological polar surface area (TPSA) is 55.4 Å². The zero-order chi connectivity index (χ0) is 24.9. The van der Waals surface area contributed by atoms with Gasteiger partial charge in [-0.2, -0.15) is 0 Å². The van der Waals surface area contributed by atoms with Gasteiger partial charge in [0.1, 0.15) is 23.0 Å². The van der Waals surface area contributed by atoms with Gasteiger partial charge in [0.2, 0.25) is 0 Å². The van der Waals surface area contributed by atoms with Crippen molar-refractivity contribution in [3.63, 3.8) is 0 Å². The lowest BCUT2D eigenvalue weighted by molar-refractivity contribution is -0.126. The van der Waals surface area contributed by atoms with Crippen LogP contribution in [0.1, 0.15) is 44.7 Å². The van der Waals surface area contributed by atoms with Crippen molar-refractivity contribution in [2.75, 3.05) is 28.4 Å². The van der Waals surface area contributed by atoms with Crippen LogP contribution in [0.3, 0.4) is 0 Å². The average Bonchev–Trinajstić information content (AvgIpc) is 2.84. The largest absolute Gasteiger partial charge is 0.497 e. The summed E-state index contributed by atoms with van der Waals surface area (Å²) in [6.45, 7) is 7.01. The van der Waals surface area contributed by atoms with Gasteiger partial charge in [-0.15, -0.1) is 0 Å². The highest BCUT2D eigenvalue weighted by Gasteiger charge is 2.11. The molecule has 0 amide bonds. The summed E-state index contributed by atoms with van der Waals surface area (Å²) >= 11 is 0. The van der Waals surface area contributed by atoms with E-state index in [9.17, 15) is 0 Å². The molecule has 0 fully saturated rings. The summed E-state index contributed by atoms with van der Waals surface area (Å²) in [5, 5.41) is 0. The quantitative estimate of drug-likeness (QED) is 0.233. The van der Waals surface area contributed by atoms with Gasteiger partial charge in [0.25, 0.3) is 0 Å². The summed E-state index contributed by atoms with van der Waals surface area (Å²) < 4.78 is 33.8. The molecule has 34 heavy (non-hydrogen) atoms. The first-order valence-electron chi connectivity index (χ1n) is 11.3. The Balaban J connectivity index is 2.16. The molecule has 2 rings (SSSR count). The van der Waals surface area contributed by atoms with E-state index in [1.54, 1.807) is 28.4 Å². The summed E-state index contributed by atoms with van der Waals surface area (Å²) in [5.41, 5.74) is 4.39. The minimum absolute atomic E-state index is 0.345.